The number of carbonyl (C=O) groups is 3. The molecule has 0 unspecified atom stereocenters. The van der Waals surface area contributed by atoms with E-state index >= 15 is 0 Å². The fourth-order valence-electron chi connectivity index (χ4n) is 1.78. The fraction of sp³-hybridized carbons (Fsp3) is 0.400. The first-order valence-electron chi connectivity index (χ1n) is 6.64. The zero-order chi connectivity index (χ0) is 15.8. The third-order valence-corrected chi connectivity index (χ3v) is 2.98. The predicted molar refractivity (Wildman–Crippen MR) is 77.3 cm³/mol. The summed E-state index contributed by atoms with van der Waals surface area (Å²) in [5.74, 6) is -1.53. The molecule has 0 spiro atoms. The Bertz CT molecular complexity index is 539. The Balaban J connectivity index is 2.59. The predicted octanol–water partition coefficient (Wildman–Crippen LogP) is 2.37. The molecule has 0 radical (unpaired) electrons. The van der Waals surface area contributed by atoms with Gasteiger partial charge in [-0.2, -0.15) is 0 Å². The number of ether oxygens (including phenoxy) is 1. The molecule has 1 rings (SSSR count). The average Bonchev–Trinajstić information content (AvgIpc) is 2.45. The van der Waals surface area contributed by atoms with Gasteiger partial charge < -0.3 is 15.2 Å². The van der Waals surface area contributed by atoms with Gasteiger partial charge in [0, 0.05) is 18.5 Å². The average molecular weight is 293 g/mol. The molecule has 1 aromatic carbocycles. The van der Waals surface area contributed by atoms with E-state index in [9.17, 15) is 14.4 Å². The molecule has 21 heavy (non-hydrogen) atoms. The molecule has 0 saturated heterocycles. The SMILES string of the molecule is COC(=O)c1ccc(C)c(NC(=O)CCCCC(=O)O)c1. The summed E-state index contributed by atoms with van der Waals surface area (Å²) in [7, 11) is 1.29. The molecule has 1 amide bonds. The maximum atomic E-state index is 11.8. The van der Waals surface area contributed by atoms with Gasteiger partial charge in [-0.15, -0.1) is 0 Å². The highest BCUT2D eigenvalue weighted by atomic mass is 16.5. The molecule has 1 aromatic rings. The summed E-state index contributed by atoms with van der Waals surface area (Å²) in [4.78, 5) is 33.6. The second kappa shape index (κ2) is 8.04. The van der Waals surface area contributed by atoms with E-state index in [2.05, 4.69) is 10.1 Å². The van der Waals surface area contributed by atoms with E-state index in [0.717, 1.165) is 5.56 Å². The molecule has 6 heteroatoms. The van der Waals surface area contributed by atoms with Gasteiger partial charge >= 0.3 is 11.9 Å². The Morgan fingerprint density at radius 1 is 1.19 bits per heavy atom. The van der Waals surface area contributed by atoms with E-state index in [0.29, 0.717) is 24.1 Å². The van der Waals surface area contributed by atoms with Gasteiger partial charge in [0.05, 0.1) is 12.7 Å². The van der Waals surface area contributed by atoms with Crippen LogP contribution in [0.5, 0.6) is 0 Å². The lowest BCUT2D eigenvalue weighted by atomic mass is 10.1. The summed E-state index contributed by atoms with van der Waals surface area (Å²) in [6.07, 6.45) is 1.27. The van der Waals surface area contributed by atoms with Gasteiger partial charge in [0.25, 0.3) is 0 Å². The van der Waals surface area contributed by atoms with Crippen molar-refractivity contribution < 1.29 is 24.2 Å². The Labute approximate surface area is 123 Å². The van der Waals surface area contributed by atoms with Gasteiger partial charge in [0.15, 0.2) is 0 Å². The van der Waals surface area contributed by atoms with Crippen LogP contribution in [-0.2, 0) is 14.3 Å². The van der Waals surface area contributed by atoms with E-state index in [1.54, 1.807) is 18.2 Å². The zero-order valence-electron chi connectivity index (χ0n) is 12.1. The van der Waals surface area contributed by atoms with Crippen molar-refractivity contribution in [3.05, 3.63) is 29.3 Å². The summed E-state index contributed by atoms with van der Waals surface area (Å²) >= 11 is 0. The van der Waals surface area contributed by atoms with Crippen LogP contribution in [0.3, 0.4) is 0 Å². The number of aryl methyl sites for hydroxylation is 1. The Kier molecular flexibility index (Phi) is 6.39. The van der Waals surface area contributed by atoms with Crippen molar-refractivity contribution in [1.82, 2.24) is 0 Å². The van der Waals surface area contributed by atoms with Crippen LogP contribution < -0.4 is 5.32 Å². The number of carbonyl (C=O) groups excluding carboxylic acids is 2. The number of benzene rings is 1. The first kappa shape index (κ1) is 16.7. The van der Waals surface area contributed by atoms with Gasteiger partial charge in [-0.25, -0.2) is 4.79 Å². The van der Waals surface area contributed by atoms with E-state index in [4.69, 9.17) is 5.11 Å². The van der Waals surface area contributed by atoms with Gasteiger partial charge in [0.1, 0.15) is 0 Å². The highest BCUT2D eigenvalue weighted by Gasteiger charge is 2.10. The molecule has 0 atom stereocenters. The molecule has 0 heterocycles. The second-order valence-electron chi connectivity index (χ2n) is 4.67. The van der Waals surface area contributed by atoms with E-state index < -0.39 is 11.9 Å². The van der Waals surface area contributed by atoms with Crippen molar-refractivity contribution in [1.29, 1.82) is 0 Å². The molecule has 0 bridgehead atoms. The number of hydrogen-bond donors (Lipinski definition) is 2. The molecular formula is C15H19NO5. The number of rotatable bonds is 7. The van der Waals surface area contributed by atoms with Crippen molar-refractivity contribution in [3.63, 3.8) is 0 Å². The van der Waals surface area contributed by atoms with Crippen LogP contribution in [0.4, 0.5) is 5.69 Å². The molecule has 0 fully saturated rings. The molecule has 2 N–H and O–H groups in total. The van der Waals surface area contributed by atoms with Gasteiger partial charge in [-0.3, -0.25) is 9.59 Å². The number of nitrogens with one attached hydrogen (secondary N) is 1. The van der Waals surface area contributed by atoms with Crippen molar-refractivity contribution in [2.24, 2.45) is 0 Å². The molecular weight excluding hydrogens is 274 g/mol. The number of aliphatic carboxylic acids is 1. The normalized spacial score (nSPS) is 10.0. The number of carboxylic acids is 1. The van der Waals surface area contributed by atoms with Crippen LogP contribution in [0.15, 0.2) is 18.2 Å². The summed E-state index contributed by atoms with van der Waals surface area (Å²) < 4.78 is 4.63. The monoisotopic (exact) mass is 293 g/mol. The van der Waals surface area contributed by atoms with E-state index in [1.807, 2.05) is 6.92 Å². The highest BCUT2D eigenvalue weighted by molar-refractivity contribution is 5.95. The number of amides is 1. The van der Waals surface area contributed by atoms with Crippen LogP contribution in [0.2, 0.25) is 0 Å². The largest absolute Gasteiger partial charge is 0.481 e. The maximum Gasteiger partial charge on any atom is 0.337 e. The second-order valence-corrected chi connectivity index (χ2v) is 4.67. The minimum atomic E-state index is -0.864. The lowest BCUT2D eigenvalue weighted by molar-refractivity contribution is -0.137. The molecule has 6 nitrogen and oxygen atoms in total. The van der Waals surface area contributed by atoms with Crippen LogP contribution in [0.1, 0.15) is 41.6 Å². The molecule has 0 saturated carbocycles. The number of anilines is 1. The molecule has 0 aliphatic carbocycles. The van der Waals surface area contributed by atoms with Crippen LogP contribution in [0.25, 0.3) is 0 Å². The molecule has 0 aliphatic rings. The lowest BCUT2D eigenvalue weighted by Crippen LogP contribution is -2.13. The first-order valence-corrected chi connectivity index (χ1v) is 6.64. The third kappa shape index (κ3) is 5.64. The lowest BCUT2D eigenvalue weighted by Gasteiger charge is -2.10. The summed E-state index contributed by atoms with van der Waals surface area (Å²) in [6.45, 7) is 1.82. The Morgan fingerprint density at radius 2 is 1.86 bits per heavy atom. The number of carboxylic acid groups (broad SMARTS) is 1. The maximum absolute atomic E-state index is 11.8. The first-order chi connectivity index (χ1) is 9.93. The number of esters is 1. The van der Waals surface area contributed by atoms with Gasteiger partial charge in [-0.05, 0) is 37.5 Å². The number of hydrogen-bond acceptors (Lipinski definition) is 4. The smallest absolute Gasteiger partial charge is 0.337 e. The zero-order valence-corrected chi connectivity index (χ0v) is 12.1. The van der Waals surface area contributed by atoms with Crippen molar-refractivity contribution in [2.75, 3.05) is 12.4 Å². The number of unbranched alkanes of at least 4 members (excludes halogenated alkanes) is 1. The highest BCUT2D eigenvalue weighted by Crippen LogP contribution is 2.18. The van der Waals surface area contributed by atoms with Crippen molar-refractivity contribution in [2.45, 2.75) is 32.6 Å². The number of methoxy groups -OCH3 is 1. The minimum absolute atomic E-state index is 0.0597. The van der Waals surface area contributed by atoms with Crippen molar-refractivity contribution >= 4 is 23.5 Å². The van der Waals surface area contributed by atoms with Crippen LogP contribution >= 0.6 is 0 Å². The summed E-state index contributed by atoms with van der Waals surface area (Å²) in [6, 6.07) is 4.92. The molecule has 0 aromatic heterocycles. The fourth-order valence-corrected chi connectivity index (χ4v) is 1.78. The van der Waals surface area contributed by atoms with E-state index in [1.165, 1.54) is 7.11 Å². The van der Waals surface area contributed by atoms with Crippen LogP contribution in [-0.4, -0.2) is 30.1 Å². The Hall–Kier alpha value is -2.37. The summed E-state index contributed by atoms with van der Waals surface area (Å²) in [5, 5.41) is 11.2. The van der Waals surface area contributed by atoms with Gasteiger partial charge in [0.2, 0.25) is 5.91 Å². The molecule has 114 valence electrons. The van der Waals surface area contributed by atoms with E-state index in [-0.39, 0.29) is 18.7 Å². The van der Waals surface area contributed by atoms with Crippen LogP contribution in [0, 0.1) is 6.92 Å². The topological polar surface area (TPSA) is 92.7 Å². The van der Waals surface area contributed by atoms with Crippen molar-refractivity contribution in [3.8, 4) is 0 Å². The quantitative estimate of drug-likeness (QED) is 0.594. The summed E-state index contributed by atoms with van der Waals surface area (Å²) in [5.41, 5.74) is 1.76. The molecule has 0 aliphatic heterocycles. The third-order valence-electron chi connectivity index (χ3n) is 2.98. The minimum Gasteiger partial charge on any atom is -0.481 e. The Morgan fingerprint density at radius 3 is 2.48 bits per heavy atom. The van der Waals surface area contributed by atoms with Gasteiger partial charge in [-0.1, -0.05) is 6.07 Å². The standard InChI is InChI=1S/C15H19NO5/c1-10-7-8-11(15(20)21-2)9-12(10)16-13(17)5-3-4-6-14(18)19/h7-9H,3-6H2,1-2H3,(H,16,17)(H,18,19).